The lowest BCUT2D eigenvalue weighted by Crippen LogP contribution is -2.42. The Kier molecular flexibility index (Phi) is 4.46. The van der Waals surface area contributed by atoms with Gasteiger partial charge in [0.2, 0.25) is 0 Å². The number of rotatable bonds is 4. The Balaban J connectivity index is 2.16. The molecule has 1 heterocycles. The predicted molar refractivity (Wildman–Crippen MR) is 71.2 cm³/mol. The van der Waals surface area contributed by atoms with Gasteiger partial charge in [0.25, 0.3) is 5.91 Å². The minimum Gasteiger partial charge on any atom is -0.496 e. The number of methoxy groups -OCH3 is 1. The van der Waals surface area contributed by atoms with Gasteiger partial charge in [-0.05, 0) is 18.2 Å². The van der Waals surface area contributed by atoms with Gasteiger partial charge in [-0.15, -0.1) is 0 Å². The normalized spacial score (nSPS) is 21.5. The third-order valence-electron chi connectivity index (χ3n) is 3.12. The van der Waals surface area contributed by atoms with Crippen molar-refractivity contribution >= 4 is 23.5 Å². The molecule has 0 bridgehead atoms. The number of halogens is 1. The number of ether oxygens (including phenoxy) is 2. The fourth-order valence-corrected chi connectivity index (χ4v) is 2.22. The van der Waals surface area contributed by atoms with E-state index in [9.17, 15) is 9.59 Å². The van der Waals surface area contributed by atoms with Crippen LogP contribution >= 0.6 is 11.6 Å². The zero-order chi connectivity index (χ0) is 14.7. The lowest BCUT2D eigenvalue weighted by atomic mass is 10.0. The molecule has 1 amide bonds. The van der Waals surface area contributed by atoms with Gasteiger partial charge in [-0.1, -0.05) is 11.6 Å². The summed E-state index contributed by atoms with van der Waals surface area (Å²) < 4.78 is 10.2. The fourth-order valence-electron chi connectivity index (χ4n) is 2.04. The smallest absolute Gasteiger partial charge is 0.311 e. The second kappa shape index (κ2) is 6.11. The van der Waals surface area contributed by atoms with Crippen molar-refractivity contribution in [1.82, 2.24) is 5.32 Å². The number of hydrogen-bond donors (Lipinski definition) is 2. The molecule has 1 aromatic rings. The number of carbonyl (C=O) groups is 2. The zero-order valence-electron chi connectivity index (χ0n) is 10.8. The summed E-state index contributed by atoms with van der Waals surface area (Å²) in [4.78, 5) is 23.2. The van der Waals surface area contributed by atoms with Crippen LogP contribution < -0.4 is 10.1 Å². The van der Waals surface area contributed by atoms with Crippen molar-refractivity contribution in [3.8, 4) is 5.75 Å². The van der Waals surface area contributed by atoms with E-state index in [0.717, 1.165) is 0 Å². The van der Waals surface area contributed by atoms with Crippen molar-refractivity contribution < 1.29 is 24.2 Å². The maximum atomic E-state index is 12.2. The van der Waals surface area contributed by atoms with E-state index in [4.69, 9.17) is 26.2 Å². The van der Waals surface area contributed by atoms with Crippen LogP contribution in [0.3, 0.4) is 0 Å². The summed E-state index contributed by atoms with van der Waals surface area (Å²) in [5, 5.41) is 12.1. The number of carboxylic acids is 1. The SMILES string of the molecule is COc1ccc(Cl)cc1C(=O)NC1COCC1C(=O)O. The summed E-state index contributed by atoms with van der Waals surface area (Å²) in [6.45, 7) is 0.262. The molecule has 0 radical (unpaired) electrons. The molecule has 2 unspecified atom stereocenters. The highest BCUT2D eigenvalue weighted by molar-refractivity contribution is 6.31. The molecule has 0 aromatic heterocycles. The molecule has 2 atom stereocenters. The lowest BCUT2D eigenvalue weighted by molar-refractivity contribution is -0.142. The molecule has 20 heavy (non-hydrogen) atoms. The third kappa shape index (κ3) is 3.02. The average Bonchev–Trinajstić information content (AvgIpc) is 2.87. The Labute approximate surface area is 120 Å². The molecular weight excluding hydrogens is 286 g/mol. The van der Waals surface area contributed by atoms with Gasteiger partial charge in [0.15, 0.2) is 0 Å². The number of nitrogens with one attached hydrogen (secondary N) is 1. The van der Waals surface area contributed by atoms with E-state index >= 15 is 0 Å². The number of amides is 1. The Hall–Kier alpha value is -1.79. The van der Waals surface area contributed by atoms with Crippen LogP contribution in [-0.2, 0) is 9.53 Å². The molecule has 1 aliphatic heterocycles. The van der Waals surface area contributed by atoms with E-state index in [0.29, 0.717) is 10.8 Å². The van der Waals surface area contributed by atoms with Crippen LogP contribution in [0.2, 0.25) is 5.02 Å². The summed E-state index contributed by atoms with van der Waals surface area (Å²) >= 11 is 5.86. The minimum atomic E-state index is -0.995. The van der Waals surface area contributed by atoms with Gasteiger partial charge in [-0.25, -0.2) is 0 Å². The number of benzene rings is 1. The average molecular weight is 300 g/mol. The molecular formula is C13H14ClNO5. The van der Waals surface area contributed by atoms with Crippen LogP contribution in [0, 0.1) is 5.92 Å². The molecule has 1 aromatic carbocycles. The monoisotopic (exact) mass is 299 g/mol. The summed E-state index contributed by atoms with van der Waals surface area (Å²) in [6, 6.07) is 4.09. The first-order valence-electron chi connectivity index (χ1n) is 5.98. The summed E-state index contributed by atoms with van der Waals surface area (Å²) in [5.41, 5.74) is 0.260. The largest absolute Gasteiger partial charge is 0.496 e. The Morgan fingerprint density at radius 2 is 2.20 bits per heavy atom. The van der Waals surface area contributed by atoms with Crippen LogP contribution in [0.25, 0.3) is 0 Å². The molecule has 2 N–H and O–H groups in total. The number of aliphatic carboxylic acids is 1. The van der Waals surface area contributed by atoms with E-state index < -0.39 is 23.8 Å². The second-order valence-electron chi connectivity index (χ2n) is 4.41. The Morgan fingerprint density at radius 3 is 2.85 bits per heavy atom. The molecule has 1 fully saturated rings. The summed E-state index contributed by atoms with van der Waals surface area (Å²) in [7, 11) is 1.44. The van der Waals surface area contributed by atoms with Gasteiger partial charge >= 0.3 is 5.97 Å². The van der Waals surface area contributed by atoms with Crippen LogP contribution in [0.1, 0.15) is 10.4 Å². The van der Waals surface area contributed by atoms with Crippen LogP contribution in [0.4, 0.5) is 0 Å². The lowest BCUT2D eigenvalue weighted by Gasteiger charge is -2.16. The molecule has 1 saturated heterocycles. The highest BCUT2D eigenvalue weighted by Crippen LogP contribution is 2.23. The first kappa shape index (κ1) is 14.6. The van der Waals surface area contributed by atoms with Gasteiger partial charge in [0.1, 0.15) is 11.7 Å². The minimum absolute atomic E-state index is 0.0902. The molecule has 2 rings (SSSR count). The molecule has 6 nitrogen and oxygen atoms in total. The second-order valence-corrected chi connectivity index (χ2v) is 4.84. The quantitative estimate of drug-likeness (QED) is 0.872. The van der Waals surface area contributed by atoms with Crippen LogP contribution in [0.15, 0.2) is 18.2 Å². The zero-order valence-corrected chi connectivity index (χ0v) is 11.5. The van der Waals surface area contributed by atoms with E-state index in [1.165, 1.54) is 13.2 Å². The standard InChI is InChI=1S/C13H14ClNO5/c1-19-11-3-2-7(14)4-8(11)12(16)15-10-6-20-5-9(10)13(17)18/h2-4,9-10H,5-6H2,1H3,(H,15,16)(H,17,18). The summed E-state index contributed by atoms with van der Waals surface area (Å²) in [5.74, 6) is -1.81. The fraction of sp³-hybridized carbons (Fsp3) is 0.385. The van der Waals surface area contributed by atoms with Crippen LogP contribution in [0.5, 0.6) is 5.75 Å². The molecule has 108 valence electrons. The molecule has 1 aliphatic rings. The summed E-state index contributed by atoms with van der Waals surface area (Å²) in [6.07, 6.45) is 0. The molecule has 0 aliphatic carbocycles. The first-order chi connectivity index (χ1) is 9.52. The molecule has 0 spiro atoms. The van der Waals surface area contributed by atoms with E-state index in [1.54, 1.807) is 12.1 Å². The Morgan fingerprint density at radius 1 is 1.45 bits per heavy atom. The number of carboxylic acid groups (broad SMARTS) is 1. The van der Waals surface area contributed by atoms with Gasteiger partial charge in [0, 0.05) is 5.02 Å². The highest BCUT2D eigenvalue weighted by atomic mass is 35.5. The van der Waals surface area contributed by atoms with Crippen molar-refractivity contribution in [2.45, 2.75) is 6.04 Å². The van der Waals surface area contributed by atoms with Crippen molar-refractivity contribution in [1.29, 1.82) is 0 Å². The topological polar surface area (TPSA) is 84.9 Å². The van der Waals surface area contributed by atoms with Crippen LogP contribution in [-0.4, -0.2) is 43.3 Å². The predicted octanol–water partition coefficient (Wildman–Crippen LogP) is 1.18. The van der Waals surface area contributed by atoms with E-state index in [-0.39, 0.29) is 18.8 Å². The molecule has 7 heteroatoms. The van der Waals surface area contributed by atoms with E-state index in [1.807, 2.05) is 0 Å². The Bertz CT molecular complexity index is 533. The molecule has 0 saturated carbocycles. The number of carbonyl (C=O) groups excluding carboxylic acids is 1. The third-order valence-corrected chi connectivity index (χ3v) is 3.36. The van der Waals surface area contributed by atoms with Crippen molar-refractivity contribution in [3.05, 3.63) is 28.8 Å². The van der Waals surface area contributed by atoms with Crippen molar-refractivity contribution in [3.63, 3.8) is 0 Å². The van der Waals surface area contributed by atoms with E-state index in [2.05, 4.69) is 5.32 Å². The van der Waals surface area contributed by atoms with Crippen molar-refractivity contribution in [2.24, 2.45) is 5.92 Å². The maximum absolute atomic E-state index is 12.2. The highest BCUT2D eigenvalue weighted by Gasteiger charge is 2.35. The van der Waals surface area contributed by atoms with Gasteiger partial charge in [-0.3, -0.25) is 9.59 Å². The van der Waals surface area contributed by atoms with Gasteiger partial charge in [0.05, 0.1) is 31.9 Å². The van der Waals surface area contributed by atoms with Gasteiger partial charge < -0.3 is 19.9 Å². The first-order valence-corrected chi connectivity index (χ1v) is 6.35. The maximum Gasteiger partial charge on any atom is 0.311 e. The van der Waals surface area contributed by atoms with Crippen molar-refractivity contribution in [2.75, 3.05) is 20.3 Å². The number of hydrogen-bond acceptors (Lipinski definition) is 4. The van der Waals surface area contributed by atoms with Gasteiger partial charge in [-0.2, -0.15) is 0 Å².